The van der Waals surface area contributed by atoms with Crippen LogP contribution in [0.3, 0.4) is 0 Å². The molecule has 2 heterocycles. The van der Waals surface area contributed by atoms with Crippen molar-refractivity contribution in [1.29, 1.82) is 0 Å². The number of carbonyl (C=O) groups is 1. The van der Waals surface area contributed by atoms with Crippen LogP contribution >= 0.6 is 27.5 Å². The lowest BCUT2D eigenvalue weighted by Crippen LogP contribution is -2.19. The Morgan fingerprint density at radius 1 is 1.44 bits per heavy atom. The van der Waals surface area contributed by atoms with Crippen molar-refractivity contribution < 1.29 is 4.79 Å². The van der Waals surface area contributed by atoms with Crippen molar-refractivity contribution in [1.82, 2.24) is 9.97 Å². The molecule has 0 saturated carbocycles. The molecule has 2 rings (SSSR count). The number of nitrogens with one attached hydrogen (secondary N) is 2. The molecule has 0 saturated heterocycles. The van der Waals surface area contributed by atoms with E-state index in [0.29, 0.717) is 10.0 Å². The van der Waals surface area contributed by atoms with Gasteiger partial charge in [-0.25, -0.2) is 4.98 Å². The molecule has 1 amide bonds. The number of hydrogen-bond donors (Lipinski definition) is 2. The van der Waals surface area contributed by atoms with Crippen molar-refractivity contribution in [2.45, 2.75) is 0 Å². The summed E-state index contributed by atoms with van der Waals surface area (Å²) in [6, 6.07) is 4.44. The maximum atomic E-state index is 11.9. The molecule has 0 aliphatic heterocycles. The maximum Gasteiger partial charge on any atom is 0.271 e. The summed E-state index contributed by atoms with van der Waals surface area (Å²) in [6.07, 6.45) is 2.91. The van der Waals surface area contributed by atoms with E-state index in [9.17, 15) is 9.59 Å². The van der Waals surface area contributed by atoms with Gasteiger partial charge in [0.15, 0.2) is 0 Å². The first kappa shape index (κ1) is 12.8. The van der Waals surface area contributed by atoms with Crippen molar-refractivity contribution in [3.63, 3.8) is 0 Å². The predicted molar refractivity (Wildman–Crippen MR) is 72.0 cm³/mol. The first-order chi connectivity index (χ1) is 8.56. The van der Waals surface area contributed by atoms with E-state index in [4.69, 9.17) is 11.6 Å². The minimum Gasteiger partial charge on any atom is -0.326 e. The summed E-state index contributed by atoms with van der Waals surface area (Å²) < 4.78 is 0.658. The molecule has 18 heavy (non-hydrogen) atoms. The Bertz CT molecular complexity index is 657. The van der Waals surface area contributed by atoms with Crippen LogP contribution in [0, 0.1) is 0 Å². The van der Waals surface area contributed by atoms with E-state index in [1.54, 1.807) is 0 Å². The highest BCUT2D eigenvalue weighted by molar-refractivity contribution is 9.10. The zero-order valence-electron chi connectivity index (χ0n) is 8.91. The van der Waals surface area contributed by atoms with Crippen molar-refractivity contribution in [3.8, 4) is 0 Å². The van der Waals surface area contributed by atoms with Gasteiger partial charge >= 0.3 is 0 Å². The van der Waals surface area contributed by atoms with Crippen LogP contribution in [0.2, 0.25) is 5.15 Å². The second kappa shape index (κ2) is 5.32. The van der Waals surface area contributed by atoms with Gasteiger partial charge in [-0.3, -0.25) is 9.59 Å². The Balaban J connectivity index is 2.27. The van der Waals surface area contributed by atoms with E-state index in [0.717, 1.165) is 0 Å². The molecular weight excluding hydrogens is 321 g/mol. The summed E-state index contributed by atoms with van der Waals surface area (Å²) in [5, 5.41) is 2.71. The van der Waals surface area contributed by atoms with Gasteiger partial charge in [-0.15, -0.1) is 0 Å². The van der Waals surface area contributed by atoms with E-state index >= 15 is 0 Å². The summed E-state index contributed by atoms with van der Waals surface area (Å²) >= 11 is 8.88. The summed E-state index contributed by atoms with van der Waals surface area (Å²) in [5.74, 6) is -0.428. The second-order valence-corrected chi connectivity index (χ2v) is 4.68. The number of halogens is 2. The molecule has 2 aromatic heterocycles. The summed E-state index contributed by atoms with van der Waals surface area (Å²) in [7, 11) is 0. The van der Waals surface area contributed by atoms with E-state index < -0.39 is 5.91 Å². The van der Waals surface area contributed by atoms with Crippen molar-refractivity contribution in [2.24, 2.45) is 0 Å². The maximum absolute atomic E-state index is 11.9. The molecular formula is C11H7BrClN3O2. The molecule has 2 aromatic rings. The van der Waals surface area contributed by atoms with Gasteiger partial charge in [0.2, 0.25) is 0 Å². The second-order valence-electron chi connectivity index (χ2n) is 3.38. The van der Waals surface area contributed by atoms with Gasteiger partial charge in [-0.2, -0.15) is 0 Å². The van der Waals surface area contributed by atoms with Crippen molar-refractivity contribution >= 4 is 39.1 Å². The lowest BCUT2D eigenvalue weighted by atomic mass is 10.2. The van der Waals surface area contributed by atoms with Crippen LogP contribution in [-0.2, 0) is 0 Å². The van der Waals surface area contributed by atoms with Crippen LogP contribution in [0.5, 0.6) is 0 Å². The van der Waals surface area contributed by atoms with E-state index in [-0.39, 0.29) is 16.4 Å². The highest BCUT2D eigenvalue weighted by Crippen LogP contribution is 2.12. The van der Waals surface area contributed by atoms with Gasteiger partial charge in [0.05, 0.1) is 0 Å². The fourth-order valence-corrected chi connectivity index (χ4v) is 1.81. The number of H-pyrrole nitrogens is 1. The van der Waals surface area contributed by atoms with Crippen LogP contribution < -0.4 is 10.9 Å². The van der Waals surface area contributed by atoms with Gasteiger partial charge in [0, 0.05) is 22.4 Å². The number of pyridine rings is 2. The number of amides is 1. The quantitative estimate of drug-likeness (QED) is 0.832. The minimum atomic E-state index is -0.428. The number of nitrogens with zero attached hydrogens (tertiary/aromatic N) is 1. The van der Waals surface area contributed by atoms with Gasteiger partial charge in [-0.1, -0.05) is 11.6 Å². The minimum absolute atomic E-state index is 0.155. The first-order valence-corrected chi connectivity index (χ1v) is 6.04. The summed E-state index contributed by atoms with van der Waals surface area (Å²) in [5.41, 5.74) is 0.100. The smallest absolute Gasteiger partial charge is 0.271 e. The molecule has 0 aliphatic rings. The Hall–Kier alpha value is -1.66. The third-order valence-electron chi connectivity index (χ3n) is 2.10. The molecule has 5 nitrogen and oxygen atoms in total. The van der Waals surface area contributed by atoms with E-state index in [1.807, 2.05) is 0 Å². The van der Waals surface area contributed by atoms with E-state index in [2.05, 4.69) is 31.2 Å². The molecule has 0 radical (unpaired) electrons. The highest BCUT2D eigenvalue weighted by Gasteiger charge is 2.09. The highest BCUT2D eigenvalue weighted by atomic mass is 79.9. The first-order valence-electron chi connectivity index (χ1n) is 4.87. The predicted octanol–water partition coefficient (Wildman–Crippen LogP) is 2.44. The number of carbonyl (C=O) groups excluding carboxylic acids is 1. The fourth-order valence-electron chi connectivity index (χ4n) is 1.29. The molecule has 2 N–H and O–H groups in total. The fraction of sp³-hybridized carbons (Fsp3) is 0. The monoisotopic (exact) mass is 327 g/mol. The molecule has 0 fully saturated rings. The normalized spacial score (nSPS) is 10.1. The van der Waals surface area contributed by atoms with E-state index in [1.165, 1.54) is 30.6 Å². The van der Waals surface area contributed by atoms with Crippen LogP contribution in [-0.4, -0.2) is 15.9 Å². The third kappa shape index (κ3) is 2.96. The molecule has 7 heteroatoms. The Labute approximate surface area is 115 Å². The molecule has 0 aliphatic carbocycles. The van der Waals surface area contributed by atoms with Crippen LogP contribution in [0.1, 0.15) is 10.4 Å². The summed E-state index contributed by atoms with van der Waals surface area (Å²) in [4.78, 5) is 29.6. The van der Waals surface area contributed by atoms with Gasteiger partial charge in [-0.05, 0) is 34.1 Å². The molecule has 0 atom stereocenters. The average Bonchev–Trinajstić information content (AvgIpc) is 2.34. The lowest BCUT2D eigenvalue weighted by molar-refractivity contribution is 0.102. The zero-order chi connectivity index (χ0) is 13.1. The van der Waals surface area contributed by atoms with Crippen molar-refractivity contribution in [2.75, 3.05) is 5.32 Å². The Morgan fingerprint density at radius 2 is 2.22 bits per heavy atom. The molecule has 0 spiro atoms. The number of rotatable bonds is 2. The topological polar surface area (TPSA) is 74.8 Å². The number of anilines is 1. The van der Waals surface area contributed by atoms with Gasteiger partial charge in [0.25, 0.3) is 11.5 Å². The largest absolute Gasteiger partial charge is 0.326 e. The van der Waals surface area contributed by atoms with Crippen molar-refractivity contribution in [3.05, 3.63) is 56.1 Å². The number of aromatic amines is 1. The number of hydrogen-bond acceptors (Lipinski definition) is 3. The van der Waals surface area contributed by atoms with Gasteiger partial charge in [0.1, 0.15) is 10.8 Å². The third-order valence-corrected chi connectivity index (χ3v) is 2.77. The van der Waals surface area contributed by atoms with Crippen LogP contribution in [0.25, 0.3) is 0 Å². The molecule has 0 bridgehead atoms. The zero-order valence-corrected chi connectivity index (χ0v) is 11.2. The lowest BCUT2D eigenvalue weighted by Gasteiger charge is -2.04. The molecule has 0 unspecified atom stereocenters. The van der Waals surface area contributed by atoms with Crippen LogP contribution in [0.15, 0.2) is 39.9 Å². The SMILES string of the molecule is O=C(Nc1cc(Br)c[nH]c1=O)c1ccnc(Cl)c1. The summed E-state index contributed by atoms with van der Waals surface area (Å²) in [6.45, 7) is 0. The van der Waals surface area contributed by atoms with Gasteiger partial charge < -0.3 is 10.3 Å². The number of aromatic nitrogens is 2. The standard InChI is InChI=1S/C11H7BrClN3O2/c12-7-4-8(11(18)15-5-7)16-10(17)6-1-2-14-9(13)3-6/h1-5H,(H,15,18)(H,16,17). The van der Waals surface area contributed by atoms with Crippen LogP contribution in [0.4, 0.5) is 5.69 Å². The Kier molecular flexibility index (Phi) is 3.78. The average molecular weight is 329 g/mol. The molecule has 0 aromatic carbocycles. The molecule has 92 valence electrons. The Morgan fingerprint density at radius 3 is 2.94 bits per heavy atom.